The summed E-state index contributed by atoms with van der Waals surface area (Å²) in [5, 5.41) is 4.04. The van der Waals surface area contributed by atoms with Crippen molar-refractivity contribution in [1.29, 1.82) is 0 Å². The molecule has 2 aromatic rings. The van der Waals surface area contributed by atoms with Crippen LogP contribution in [0.5, 0.6) is 5.88 Å². The van der Waals surface area contributed by atoms with E-state index in [0.29, 0.717) is 18.0 Å². The fourth-order valence-corrected chi connectivity index (χ4v) is 2.60. The number of Topliss-reactive ketones (excluding diaryl/α,β-unsaturated/α-hetero) is 1. The molecule has 0 aliphatic rings. The quantitative estimate of drug-likeness (QED) is 0.851. The van der Waals surface area contributed by atoms with Gasteiger partial charge in [0, 0.05) is 18.8 Å². The maximum Gasteiger partial charge on any atom is 0.213 e. The van der Waals surface area contributed by atoms with Crippen LogP contribution in [0.1, 0.15) is 28.5 Å². The van der Waals surface area contributed by atoms with E-state index in [0.717, 1.165) is 16.3 Å². The zero-order chi connectivity index (χ0) is 13.8. The van der Waals surface area contributed by atoms with Gasteiger partial charge in [0.2, 0.25) is 5.88 Å². The first-order valence-corrected chi connectivity index (χ1v) is 6.59. The molecule has 0 radical (unpaired) electrons. The topological polar surface area (TPSA) is 64.1 Å². The first-order chi connectivity index (χ1) is 9.11. The van der Waals surface area contributed by atoms with Gasteiger partial charge in [-0.25, -0.2) is 4.98 Å². The number of hydrogen-bond acceptors (Lipinski definition) is 6. The lowest BCUT2D eigenvalue weighted by Crippen LogP contribution is -2.03. The molecular formula is C13H15N3O2S. The summed E-state index contributed by atoms with van der Waals surface area (Å²) in [7, 11) is 1.58. The summed E-state index contributed by atoms with van der Waals surface area (Å²) in [6.45, 7) is 3.99. The Morgan fingerprint density at radius 1 is 1.53 bits per heavy atom. The number of aromatic nitrogens is 2. The smallest absolute Gasteiger partial charge is 0.213 e. The van der Waals surface area contributed by atoms with Crippen LogP contribution in [-0.2, 0) is 6.54 Å². The molecule has 1 N–H and O–H groups in total. The van der Waals surface area contributed by atoms with Crippen LogP contribution in [0, 0.1) is 6.92 Å². The van der Waals surface area contributed by atoms with Crippen molar-refractivity contribution < 1.29 is 9.53 Å². The van der Waals surface area contributed by atoms with Crippen LogP contribution in [0.4, 0.5) is 5.00 Å². The average molecular weight is 277 g/mol. The fraction of sp³-hybridized carbons (Fsp3) is 0.308. The molecule has 2 heterocycles. The highest BCUT2D eigenvalue weighted by Crippen LogP contribution is 2.25. The number of rotatable bonds is 5. The second-order valence-electron chi connectivity index (χ2n) is 4.09. The molecule has 6 heteroatoms. The summed E-state index contributed by atoms with van der Waals surface area (Å²) in [6.07, 6.45) is 1.69. The molecule has 0 saturated heterocycles. The van der Waals surface area contributed by atoms with Gasteiger partial charge in [-0.3, -0.25) is 4.79 Å². The van der Waals surface area contributed by atoms with Gasteiger partial charge in [-0.15, -0.1) is 0 Å². The van der Waals surface area contributed by atoms with Crippen molar-refractivity contribution in [2.45, 2.75) is 20.4 Å². The van der Waals surface area contributed by atoms with E-state index in [1.165, 1.54) is 11.5 Å². The van der Waals surface area contributed by atoms with E-state index in [1.54, 1.807) is 20.2 Å². The van der Waals surface area contributed by atoms with Crippen LogP contribution in [0.3, 0.4) is 0 Å². The second-order valence-corrected chi connectivity index (χ2v) is 4.86. The first kappa shape index (κ1) is 13.5. The third-order valence-electron chi connectivity index (χ3n) is 2.68. The highest BCUT2D eigenvalue weighted by Gasteiger charge is 2.14. The predicted molar refractivity (Wildman–Crippen MR) is 75.0 cm³/mol. The van der Waals surface area contributed by atoms with Crippen molar-refractivity contribution in [3.8, 4) is 5.88 Å². The fourth-order valence-electron chi connectivity index (χ4n) is 1.76. The van der Waals surface area contributed by atoms with Gasteiger partial charge in [-0.05, 0) is 37.0 Å². The molecule has 0 bridgehead atoms. The minimum atomic E-state index is 0.0288. The van der Waals surface area contributed by atoms with Crippen LogP contribution in [-0.4, -0.2) is 22.3 Å². The SMILES string of the molecule is COc1cc(CNc2snc(C)c2C(C)=O)ccn1. The molecule has 0 saturated carbocycles. The second kappa shape index (κ2) is 5.79. The maximum atomic E-state index is 11.6. The van der Waals surface area contributed by atoms with Crippen molar-refractivity contribution in [2.24, 2.45) is 0 Å². The Hall–Kier alpha value is -1.95. The first-order valence-electron chi connectivity index (χ1n) is 5.82. The Balaban J connectivity index is 2.12. The van der Waals surface area contributed by atoms with Crippen molar-refractivity contribution >= 4 is 22.3 Å². The Bertz CT molecular complexity index is 595. The summed E-state index contributed by atoms with van der Waals surface area (Å²) in [6, 6.07) is 3.76. The van der Waals surface area contributed by atoms with Crippen LogP contribution >= 0.6 is 11.5 Å². The maximum absolute atomic E-state index is 11.6. The molecule has 0 unspecified atom stereocenters. The summed E-state index contributed by atoms with van der Waals surface area (Å²) >= 11 is 1.30. The van der Waals surface area contributed by atoms with Gasteiger partial charge in [0.25, 0.3) is 0 Å². The van der Waals surface area contributed by atoms with Gasteiger partial charge in [0.15, 0.2) is 5.78 Å². The molecule has 19 heavy (non-hydrogen) atoms. The lowest BCUT2D eigenvalue weighted by molar-refractivity contribution is 0.101. The van der Waals surface area contributed by atoms with Crippen molar-refractivity contribution in [3.63, 3.8) is 0 Å². The standard InChI is InChI=1S/C13H15N3O2S/c1-8-12(9(2)17)13(19-16-8)15-7-10-4-5-14-11(6-10)18-3/h4-6,15H,7H2,1-3H3. The van der Waals surface area contributed by atoms with Gasteiger partial charge < -0.3 is 10.1 Å². The third kappa shape index (κ3) is 3.08. The number of aryl methyl sites for hydroxylation is 1. The molecule has 5 nitrogen and oxygen atoms in total. The van der Waals surface area contributed by atoms with E-state index in [2.05, 4.69) is 14.7 Å². The van der Waals surface area contributed by atoms with E-state index in [9.17, 15) is 4.79 Å². The number of carbonyl (C=O) groups is 1. The van der Waals surface area contributed by atoms with Crippen LogP contribution < -0.4 is 10.1 Å². The minimum absolute atomic E-state index is 0.0288. The molecule has 0 atom stereocenters. The molecule has 100 valence electrons. The van der Waals surface area contributed by atoms with Crippen molar-refractivity contribution in [1.82, 2.24) is 9.36 Å². The molecule has 0 fully saturated rings. The third-order valence-corrected chi connectivity index (χ3v) is 3.57. The number of carbonyl (C=O) groups excluding carboxylic acids is 1. The van der Waals surface area contributed by atoms with Crippen molar-refractivity contribution in [3.05, 3.63) is 35.2 Å². The minimum Gasteiger partial charge on any atom is -0.481 e. The van der Waals surface area contributed by atoms with Gasteiger partial charge in [0.1, 0.15) is 5.00 Å². The van der Waals surface area contributed by atoms with E-state index < -0.39 is 0 Å². The molecule has 2 aromatic heterocycles. The number of anilines is 1. The number of methoxy groups -OCH3 is 1. The summed E-state index contributed by atoms with van der Waals surface area (Å²) in [4.78, 5) is 15.6. The normalized spacial score (nSPS) is 10.3. The van der Waals surface area contributed by atoms with Crippen LogP contribution in [0.15, 0.2) is 18.3 Å². The summed E-state index contributed by atoms with van der Waals surface area (Å²) in [5.41, 5.74) is 2.48. The molecule has 2 rings (SSSR count). The largest absolute Gasteiger partial charge is 0.481 e. The Morgan fingerprint density at radius 2 is 2.32 bits per heavy atom. The molecular weight excluding hydrogens is 262 g/mol. The number of nitrogens with one attached hydrogen (secondary N) is 1. The van der Waals surface area contributed by atoms with E-state index in [4.69, 9.17) is 4.74 Å². The monoisotopic (exact) mass is 277 g/mol. The molecule has 0 aliphatic heterocycles. The van der Waals surface area contributed by atoms with Gasteiger partial charge >= 0.3 is 0 Å². The highest BCUT2D eigenvalue weighted by molar-refractivity contribution is 7.10. The lowest BCUT2D eigenvalue weighted by Gasteiger charge is -2.06. The number of hydrogen-bond donors (Lipinski definition) is 1. The Labute approximate surface area is 115 Å². The van der Waals surface area contributed by atoms with Gasteiger partial charge in [-0.1, -0.05) is 0 Å². The number of pyridine rings is 1. The average Bonchev–Trinajstić information content (AvgIpc) is 2.78. The van der Waals surface area contributed by atoms with Crippen molar-refractivity contribution in [2.75, 3.05) is 12.4 Å². The number of ketones is 1. The zero-order valence-electron chi connectivity index (χ0n) is 11.1. The van der Waals surface area contributed by atoms with Crippen LogP contribution in [0.2, 0.25) is 0 Å². The molecule has 0 amide bonds. The van der Waals surface area contributed by atoms with E-state index in [-0.39, 0.29) is 5.78 Å². The Morgan fingerprint density at radius 3 is 3.00 bits per heavy atom. The van der Waals surface area contributed by atoms with Crippen LogP contribution in [0.25, 0.3) is 0 Å². The van der Waals surface area contributed by atoms with E-state index >= 15 is 0 Å². The number of ether oxygens (including phenoxy) is 1. The summed E-state index contributed by atoms with van der Waals surface area (Å²) in [5.74, 6) is 0.604. The number of nitrogens with zero attached hydrogens (tertiary/aromatic N) is 2. The zero-order valence-corrected chi connectivity index (χ0v) is 11.9. The Kier molecular flexibility index (Phi) is 4.11. The van der Waals surface area contributed by atoms with Gasteiger partial charge in [-0.2, -0.15) is 4.37 Å². The lowest BCUT2D eigenvalue weighted by atomic mass is 10.2. The molecule has 0 spiro atoms. The molecule has 0 aromatic carbocycles. The molecule has 0 aliphatic carbocycles. The predicted octanol–water partition coefficient (Wildman–Crippen LogP) is 2.67. The summed E-state index contributed by atoms with van der Waals surface area (Å²) < 4.78 is 9.28. The van der Waals surface area contributed by atoms with E-state index in [1.807, 2.05) is 19.1 Å². The van der Waals surface area contributed by atoms with Gasteiger partial charge in [0.05, 0.1) is 18.4 Å². The highest BCUT2D eigenvalue weighted by atomic mass is 32.1.